The number of hydrogen-bond acceptors (Lipinski definition) is 6. The van der Waals surface area contributed by atoms with Crippen molar-refractivity contribution < 1.29 is 9.53 Å². The van der Waals surface area contributed by atoms with Crippen molar-refractivity contribution >= 4 is 23.2 Å². The standard InChI is InChI=1S/C27H30N6O2/c1-18(19-13-15-28-16-14-19)29-26(34)20-9-11-22(12-10-20)30-27-31-25-8-4-7-24(33(25)32-27)21-5-3-6-23(17-21)35-2/h3-12,17-19,28H,13-16H2,1-2H3,(H,29,34)(H,30,32). The number of pyridine rings is 1. The molecule has 3 N–H and O–H groups in total. The van der Waals surface area contributed by atoms with Crippen LogP contribution in [0.25, 0.3) is 16.9 Å². The third kappa shape index (κ3) is 5.12. The highest BCUT2D eigenvalue weighted by molar-refractivity contribution is 5.94. The Labute approximate surface area is 204 Å². The molecule has 1 aliphatic heterocycles. The van der Waals surface area contributed by atoms with Gasteiger partial charge in [0.1, 0.15) is 5.75 Å². The molecule has 0 spiro atoms. The summed E-state index contributed by atoms with van der Waals surface area (Å²) in [6, 6.07) is 21.3. The minimum Gasteiger partial charge on any atom is -0.497 e. The molecule has 5 rings (SSSR count). The van der Waals surface area contributed by atoms with Crippen LogP contribution in [0.2, 0.25) is 0 Å². The van der Waals surface area contributed by atoms with Crippen molar-refractivity contribution in [3.63, 3.8) is 0 Å². The van der Waals surface area contributed by atoms with Gasteiger partial charge < -0.3 is 20.7 Å². The minimum absolute atomic E-state index is 0.0450. The number of nitrogens with zero attached hydrogens (tertiary/aromatic N) is 3. The number of methoxy groups -OCH3 is 1. The number of piperidine rings is 1. The molecule has 4 aromatic rings. The van der Waals surface area contributed by atoms with Crippen molar-refractivity contribution in [2.45, 2.75) is 25.8 Å². The molecule has 2 aromatic carbocycles. The zero-order valence-corrected chi connectivity index (χ0v) is 20.0. The van der Waals surface area contributed by atoms with Gasteiger partial charge in [-0.25, -0.2) is 4.52 Å². The maximum Gasteiger partial charge on any atom is 0.251 e. The number of benzene rings is 2. The zero-order chi connectivity index (χ0) is 24.2. The van der Waals surface area contributed by atoms with Gasteiger partial charge in [0.05, 0.1) is 12.8 Å². The van der Waals surface area contributed by atoms with Gasteiger partial charge in [-0.1, -0.05) is 18.2 Å². The molecule has 1 amide bonds. The summed E-state index contributed by atoms with van der Waals surface area (Å²) in [5.74, 6) is 1.74. The maximum atomic E-state index is 12.7. The van der Waals surface area contributed by atoms with Crippen LogP contribution in [0.15, 0.2) is 66.7 Å². The Morgan fingerprint density at radius 1 is 1.09 bits per heavy atom. The molecule has 1 fully saturated rings. The molecule has 8 nitrogen and oxygen atoms in total. The summed E-state index contributed by atoms with van der Waals surface area (Å²) in [5, 5.41) is 14.4. The van der Waals surface area contributed by atoms with Crippen LogP contribution >= 0.6 is 0 Å². The molecule has 180 valence electrons. The fourth-order valence-corrected chi connectivity index (χ4v) is 4.55. The monoisotopic (exact) mass is 470 g/mol. The van der Waals surface area contributed by atoms with E-state index in [1.807, 2.05) is 66.7 Å². The van der Waals surface area contributed by atoms with Gasteiger partial charge in [0.15, 0.2) is 5.65 Å². The number of carbonyl (C=O) groups excluding carboxylic acids is 1. The van der Waals surface area contributed by atoms with Crippen molar-refractivity contribution in [2.75, 3.05) is 25.5 Å². The van der Waals surface area contributed by atoms with E-state index in [4.69, 9.17) is 4.74 Å². The molecule has 2 aromatic heterocycles. The van der Waals surface area contributed by atoms with Crippen LogP contribution in [-0.2, 0) is 0 Å². The fraction of sp³-hybridized carbons (Fsp3) is 0.296. The highest BCUT2D eigenvalue weighted by Crippen LogP contribution is 2.25. The van der Waals surface area contributed by atoms with Gasteiger partial charge >= 0.3 is 0 Å². The Balaban J connectivity index is 1.29. The van der Waals surface area contributed by atoms with Crippen LogP contribution in [0.4, 0.5) is 11.6 Å². The van der Waals surface area contributed by atoms with Crippen LogP contribution in [0.1, 0.15) is 30.1 Å². The summed E-state index contributed by atoms with van der Waals surface area (Å²) in [6.07, 6.45) is 2.19. The molecule has 35 heavy (non-hydrogen) atoms. The van der Waals surface area contributed by atoms with Crippen molar-refractivity contribution in [3.8, 4) is 17.0 Å². The van der Waals surface area contributed by atoms with Gasteiger partial charge in [-0.2, -0.15) is 4.98 Å². The lowest BCUT2D eigenvalue weighted by Crippen LogP contribution is -2.42. The van der Waals surface area contributed by atoms with E-state index in [2.05, 4.69) is 33.0 Å². The lowest BCUT2D eigenvalue weighted by atomic mass is 9.91. The molecular weight excluding hydrogens is 440 g/mol. The summed E-state index contributed by atoms with van der Waals surface area (Å²) in [5.41, 5.74) is 4.08. The highest BCUT2D eigenvalue weighted by Gasteiger charge is 2.21. The van der Waals surface area contributed by atoms with Crippen molar-refractivity contribution in [1.29, 1.82) is 0 Å². The van der Waals surface area contributed by atoms with E-state index in [-0.39, 0.29) is 11.9 Å². The first-order valence-electron chi connectivity index (χ1n) is 12.0. The third-order valence-electron chi connectivity index (χ3n) is 6.58. The minimum atomic E-state index is -0.0450. The molecule has 0 saturated carbocycles. The Kier molecular flexibility index (Phi) is 6.63. The van der Waals surface area contributed by atoms with Gasteiger partial charge in [-0.3, -0.25) is 4.79 Å². The van der Waals surface area contributed by atoms with E-state index in [9.17, 15) is 4.79 Å². The second-order valence-corrected chi connectivity index (χ2v) is 8.90. The molecule has 1 aliphatic rings. The fourth-order valence-electron chi connectivity index (χ4n) is 4.55. The summed E-state index contributed by atoms with van der Waals surface area (Å²) in [4.78, 5) is 17.3. The highest BCUT2D eigenvalue weighted by atomic mass is 16.5. The van der Waals surface area contributed by atoms with E-state index in [0.29, 0.717) is 17.4 Å². The van der Waals surface area contributed by atoms with E-state index in [1.54, 1.807) is 11.6 Å². The predicted octanol–water partition coefficient (Wildman–Crippen LogP) is 4.27. The Morgan fingerprint density at radius 3 is 2.63 bits per heavy atom. The van der Waals surface area contributed by atoms with E-state index in [1.165, 1.54) is 0 Å². The first-order valence-corrected chi connectivity index (χ1v) is 12.0. The quantitative estimate of drug-likeness (QED) is 0.374. The zero-order valence-electron chi connectivity index (χ0n) is 20.0. The summed E-state index contributed by atoms with van der Waals surface area (Å²) in [6.45, 7) is 4.13. The van der Waals surface area contributed by atoms with Gasteiger partial charge in [-0.15, -0.1) is 5.10 Å². The molecule has 0 bridgehead atoms. The van der Waals surface area contributed by atoms with Gasteiger partial charge in [0.2, 0.25) is 5.95 Å². The second-order valence-electron chi connectivity index (χ2n) is 8.90. The summed E-state index contributed by atoms with van der Waals surface area (Å²) in [7, 11) is 1.65. The SMILES string of the molecule is COc1cccc(-c2cccc3nc(Nc4ccc(C(=O)NC(C)C5CCNCC5)cc4)nn23)c1. The first-order chi connectivity index (χ1) is 17.1. The van der Waals surface area contributed by atoms with E-state index in [0.717, 1.165) is 54.3 Å². The molecule has 1 unspecified atom stereocenters. The summed E-state index contributed by atoms with van der Waals surface area (Å²) < 4.78 is 7.17. The number of aromatic nitrogens is 3. The molecule has 0 radical (unpaired) electrons. The molecule has 1 saturated heterocycles. The summed E-state index contributed by atoms with van der Waals surface area (Å²) >= 11 is 0. The number of hydrogen-bond donors (Lipinski definition) is 3. The topological polar surface area (TPSA) is 92.6 Å². The molecule has 8 heteroatoms. The molecular formula is C27H30N6O2. The molecule has 0 aliphatic carbocycles. The Hall–Kier alpha value is -3.91. The smallest absolute Gasteiger partial charge is 0.251 e. The number of fused-ring (bicyclic) bond motifs is 1. The lowest BCUT2D eigenvalue weighted by molar-refractivity contribution is 0.0920. The number of amides is 1. The third-order valence-corrected chi connectivity index (χ3v) is 6.58. The van der Waals surface area contributed by atoms with Gasteiger partial charge in [0, 0.05) is 22.9 Å². The molecule has 3 heterocycles. The largest absolute Gasteiger partial charge is 0.497 e. The van der Waals surface area contributed by atoms with Crippen molar-refractivity contribution in [2.24, 2.45) is 5.92 Å². The maximum absolute atomic E-state index is 12.7. The number of rotatable bonds is 7. The average Bonchev–Trinajstić information content (AvgIpc) is 3.32. The van der Waals surface area contributed by atoms with Crippen molar-refractivity contribution in [1.82, 2.24) is 25.2 Å². The lowest BCUT2D eigenvalue weighted by Gasteiger charge is -2.28. The van der Waals surface area contributed by atoms with Crippen LogP contribution < -0.4 is 20.7 Å². The predicted molar refractivity (Wildman–Crippen MR) is 137 cm³/mol. The van der Waals surface area contributed by atoms with E-state index >= 15 is 0 Å². The van der Waals surface area contributed by atoms with Crippen LogP contribution in [0, 0.1) is 5.92 Å². The number of nitrogens with one attached hydrogen (secondary N) is 3. The number of carbonyl (C=O) groups is 1. The van der Waals surface area contributed by atoms with Crippen LogP contribution in [-0.4, -0.2) is 46.7 Å². The Bertz CT molecular complexity index is 1310. The van der Waals surface area contributed by atoms with Gasteiger partial charge in [-0.05, 0) is 87.3 Å². The average molecular weight is 471 g/mol. The van der Waals surface area contributed by atoms with Crippen LogP contribution in [0.3, 0.4) is 0 Å². The van der Waals surface area contributed by atoms with Crippen LogP contribution in [0.5, 0.6) is 5.75 Å². The van der Waals surface area contributed by atoms with Gasteiger partial charge in [0.25, 0.3) is 5.91 Å². The Morgan fingerprint density at radius 2 is 1.86 bits per heavy atom. The van der Waals surface area contributed by atoms with E-state index < -0.39 is 0 Å². The van der Waals surface area contributed by atoms with Crippen molar-refractivity contribution in [3.05, 3.63) is 72.3 Å². The second kappa shape index (κ2) is 10.1. The number of ether oxygens (including phenoxy) is 1. The normalized spacial score (nSPS) is 15.0. The first kappa shape index (κ1) is 22.9. The number of anilines is 2. The molecule has 1 atom stereocenters.